The molecule has 0 heterocycles. The van der Waals surface area contributed by atoms with Crippen LogP contribution in [0.5, 0.6) is 0 Å². The molecule has 1 nitrogen and oxygen atoms in total. The summed E-state index contributed by atoms with van der Waals surface area (Å²) in [5, 5.41) is 8.91. The Labute approximate surface area is 64.2 Å². The van der Waals surface area contributed by atoms with E-state index in [4.69, 9.17) is 5.11 Å². The molecule has 0 fully saturated rings. The summed E-state index contributed by atoms with van der Waals surface area (Å²) in [5.74, 6) is 0. The van der Waals surface area contributed by atoms with Crippen molar-refractivity contribution in [3.05, 3.63) is 0 Å². The normalized spacial score (nSPS) is 15.0. The zero-order chi connectivity index (χ0) is 8.91. The summed E-state index contributed by atoms with van der Waals surface area (Å²) in [6.45, 7) is 1.83. The Morgan fingerprint density at radius 2 is 1.82 bits per heavy atom. The van der Waals surface area contributed by atoms with Gasteiger partial charge in [0.1, 0.15) is 0 Å². The van der Waals surface area contributed by atoms with Gasteiger partial charge in [0.25, 0.3) is 0 Å². The van der Waals surface area contributed by atoms with Gasteiger partial charge in [-0.3, -0.25) is 0 Å². The Bertz CT molecular complexity index is 100. The highest BCUT2D eigenvalue weighted by atomic mass is 19.4. The van der Waals surface area contributed by atoms with Crippen molar-refractivity contribution in [1.82, 2.24) is 0 Å². The number of hydrogen-bond donors (Lipinski definition) is 1. The zero-order valence-corrected chi connectivity index (χ0v) is 6.49. The first-order chi connectivity index (χ1) is 4.95. The standard InChI is InChI=1S/C7H13F3O/c1-2-3-6(11)4-5-7(8,9)10/h6,11H,2-5H2,1H3. The van der Waals surface area contributed by atoms with Gasteiger partial charge in [0.15, 0.2) is 0 Å². The number of alkyl halides is 3. The smallest absolute Gasteiger partial charge is 0.389 e. The molecule has 1 N–H and O–H groups in total. The third-order valence-electron chi connectivity index (χ3n) is 1.38. The molecular weight excluding hydrogens is 157 g/mol. The molecule has 0 rings (SSSR count). The third kappa shape index (κ3) is 7.65. The van der Waals surface area contributed by atoms with Crippen molar-refractivity contribution in [2.75, 3.05) is 0 Å². The molecule has 4 heteroatoms. The van der Waals surface area contributed by atoms with Gasteiger partial charge in [-0.15, -0.1) is 0 Å². The summed E-state index contributed by atoms with van der Waals surface area (Å²) in [7, 11) is 0. The predicted octanol–water partition coefficient (Wildman–Crippen LogP) is 2.49. The molecule has 0 aliphatic heterocycles. The van der Waals surface area contributed by atoms with Crippen LogP contribution in [0.15, 0.2) is 0 Å². The first-order valence-electron chi connectivity index (χ1n) is 3.70. The van der Waals surface area contributed by atoms with Crippen LogP contribution in [0.1, 0.15) is 32.6 Å². The zero-order valence-electron chi connectivity index (χ0n) is 6.49. The molecule has 11 heavy (non-hydrogen) atoms. The van der Waals surface area contributed by atoms with E-state index in [0.29, 0.717) is 6.42 Å². The molecule has 0 saturated heterocycles. The molecule has 0 aromatic heterocycles. The van der Waals surface area contributed by atoms with Crippen molar-refractivity contribution in [2.24, 2.45) is 0 Å². The molecule has 0 amide bonds. The van der Waals surface area contributed by atoms with Gasteiger partial charge in [0, 0.05) is 6.42 Å². The Morgan fingerprint density at radius 3 is 2.18 bits per heavy atom. The number of aliphatic hydroxyl groups is 1. The first kappa shape index (κ1) is 10.8. The second kappa shape index (κ2) is 4.59. The topological polar surface area (TPSA) is 20.2 Å². The fourth-order valence-corrected chi connectivity index (χ4v) is 0.808. The maximum absolute atomic E-state index is 11.5. The number of aliphatic hydroxyl groups excluding tert-OH is 1. The maximum Gasteiger partial charge on any atom is 0.389 e. The van der Waals surface area contributed by atoms with E-state index in [2.05, 4.69) is 0 Å². The van der Waals surface area contributed by atoms with Gasteiger partial charge in [-0.05, 0) is 12.8 Å². The second-order valence-electron chi connectivity index (χ2n) is 2.60. The van der Waals surface area contributed by atoms with Crippen molar-refractivity contribution < 1.29 is 18.3 Å². The summed E-state index contributed by atoms with van der Waals surface area (Å²) in [5.41, 5.74) is 0. The monoisotopic (exact) mass is 170 g/mol. The van der Waals surface area contributed by atoms with E-state index in [1.54, 1.807) is 0 Å². The fourth-order valence-electron chi connectivity index (χ4n) is 0.808. The highest BCUT2D eigenvalue weighted by Gasteiger charge is 2.27. The number of halogens is 3. The summed E-state index contributed by atoms with van der Waals surface area (Å²) in [6, 6.07) is 0. The van der Waals surface area contributed by atoms with Crippen LogP contribution in [-0.4, -0.2) is 17.4 Å². The van der Waals surface area contributed by atoms with Gasteiger partial charge in [-0.1, -0.05) is 13.3 Å². The van der Waals surface area contributed by atoms with Gasteiger partial charge < -0.3 is 5.11 Å². The van der Waals surface area contributed by atoms with Crippen LogP contribution in [0.3, 0.4) is 0 Å². The lowest BCUT2D eigenvalue weighted by Gasteiger charge is -2.10. The fraction of sp³-hybridized carbons (Fsp3) is 1.00. The first-order valence-corrected chi connectivity index (χ1v) is 3.70. The van der Waals surface area contributed by atoms with Crippen LogP contribution in [-0.2, 0) is 0 Å². The maximum atomic E-state index is 11.5. The minimum Gasteiger partial charge on any atom is -0.393 e. The Morgan fingerprint density at radius 1 is 1.27 bits per heavy atom. The number of rotatable bonds is 4. The van der Waals surface area contributed by atoms with Crippen molar-refractivity contribution in [1.29, 1.82) is 0 Å². The van der Waals surface area contributed by atoms with Gasteiger partial charge >= 0.3 is 6.18 Å². The molecule has 0 bridgehead atoms. The molecule has 0 radical (unpaired) electrons. The minimum atomic E-state index is -4.13. The van der Waals surface area contributed by atoms with Crippen LogP contribution in [0, 0.1) is 0 Å². The molecule has 0 spiro atoms. The molecule has 1 unspecified atom stereocenters. The van der Waals surface area contributed by atoms with E-state index in [-0.39, 0.29) is 6.42 Å². The van der Waals surface area contributed by atoms with E-state index in [0.717, 1.165) is 6.42 Å². The minimum absolute atomic E-state index is 0.169. The SMILES string of the molecule is CCCC(O)CCC(F)(F)F. The van der Waals surface area contributed by atoms with Crippen LogP contribution in [0.2, 0.25) is 0 Å². The molecule has 1 atom stereocenters. The van der Waals surface area contributed by atoms with Crippen LogP contribution in [0.4, 0.5) is 13.2 Å². The van der Waals surface area contributed by atoms with E-state index in [1.807, 2.05) is 6.92 Å². The second-order valence-corrected chi connectivity index (χ2v) is 2.60. The number of hydrogen-bond acceptors (Lipinski definition) is 1. The lowest BCUT2D eigenvalue weighted by atomic mass is 10.1. The summed E-state index contributed by atoms with van der Waals surface area (Å²) in [6.07, 6.45) is -4.79. The molecule has 0 aliphatic rings. The third-order valence-corrected chi connectivity index (χ3v) is 1.38. The summed E-state index contributed by atoms with van der Waals surface area (Å²) < 4.78 is 34.6. The van der Waals surface area contributed by atoms with E-state index >= 15 is 0 Å². The quantitative estimate of drug-likeness (QED) is 0.687. The van der Waals surface area contributed by atoms with Crippen molar-refractivity contribution >= 4 is 0 Å². The molecule has 0 saturated carbocycles. The molecule has 0 aliphatic carbocycles. The van der Waals surface area contributed by atoms with Crippen molar-refractivity contribution in [3.8, 4) is 0 Å². The summed E-state index contributed by atoms with van der Waals surface area (Å²) in [4.78, 5) is 0. The Hall–Kier alpha value is -0.250. The average Bonchev–Trinajstić information content (AvgIpc) is 1.83. The molecular formula is C7H13F3O. The van der Waals surface area contributed by atoms with E-state index in [9.17, 15) is 13.2 Å². The lowest BCUT2D eigenvalue weighted by molar-refractivity contribution is -0.140. The van der Waals surface area contributed by atoms with Crippen molar-refractivity contribution in [3.63, 3.8) is 0 Å². The van der Waals surface area contributed by atoms with Crippen LogP contribution < -0.4 is 0 Å². The summed E-state index contributed by atoms with van der Waals surface area (Å²) >= 11 is 0. The average molecular weight is 170 g/mol. The largest absolute Gasteiger partial charge is 0.393 e. The molecule has 0 aromatic carbocycles. The van der Waals surface area contributed by atoms with Gasteiger partial charge in [-0.2, -0.15) is 13.2 Å². The van der Waals surface area contributed by atoms with E-state index in [1.165, 1.54) is 0 Å². The van der Waals surface area contributed by atoms with Crippen LogP contribution in [0.25, 0.3) is 0 Å². The van der Waals surface area contributed by atoms with E-state index < -0.39 is 18.7 Å². The van der Waals surface area contributed by atoms with Gasteiger partial charge in [0.2, 0.25) is 0 Å². The molecule has 0 aromatic rings. The Balaban J connectivity index is 3.38. The predicted molar refractivity (Wildman–Crippen MR) is 36.2 cm³/mol. The van der Waals surface area contributed by atoms with Crippen LogP contribution >= 0.6 is 0 Å². The van der Waals surface area contributed by atoms with Gasteiger partial charge in [-0.25, -0.2) is 0 Å². The Kier molecular flexibility index (Phi) is 4.49. The lowest BCUT2D eigenvalue weighted by Crippen LogP contribution is -2.13. The molecule has 68 valence electrons. The van der Waals surface area contributed by atoms with Gasteiger partial charge in [0.05, 0.1) is 6.10 Å². The highest BCUT2D eigenvalue weighted by molar-refractivity contribution is 4.58. The van der Waals surface area contributed by atoms with Crippen molar-refractivity contribution in [2.45, 2.75) is 44.9 Å². The highest BCUT2D eigenvalue weighted by Crippen LogP contribution is 2.22.